The number of aromatic nitrogens is 3. The van der Waals surface area contributed by atoms with Crippen molar-refractivity contribution in [1.29, 1.82) is 0 Å². The molecule has 0 fully saturated rings. The fourth-order valence-electron chi connectivity index (χ4n) is 1.11. The average molecular weight is 350 g/mol. The lowest BCUT2D eigenvalue weighted by atomic mass is 10.5. The van der Waals surface area contributed by atoms with E-state index in [0.717, 1.165) is 0 Å². The lowest BCUT2D eigenvalue weighted by Crippen LogP contribution is -2.14. The summed E-state index contributed by atoms with van der Waals surface area (Å²) in [5, 5.41) is 0.0970. The lowest BCUT2D eigenvalue weighted by Gasteiger charge is -2.06. The molecule has 6 nitrogen and oxygen atoms in total. The summed E-state index contributed by atoms with van der Waals surface area (Å²) < 4.78 is 26.7. The minimum absolute atomic E-state index is 0.00668. The van der Waals surface area contributed by atoms with Crippen LogP contribution in [0.1, 0.15) is 0 Å². The van der Waals surface area contributed by atoms with Crippen LogP contribution in [-0.4, -0.2) is 23.4 Å². The molecule has 0 radical (unpaired) electrons. The van der Waals surface area contributed by atoms with E-state index in [1.165, 1.54) is 30.7 Å². The molecular formula is C9H6BrClN4O2S. The number of rotatable bonds is 3. The molecule has 0 amide bonds. The summed E-state index contributed by atoms with van der Waals surface area (Å²) >= 11 is 8.74. The third kappa shape index (κ3) is 3.15. The molecule has 9 heteroatoms. The van der Waals surface area contributed by atoms with Gasteiger partial charge in [0.05, 0.1) is 17.3 Å². The normalized spacial score (nSPS) is 11.2. The number of pyridine rings is 1. The van der Waals surface area contributed by atoms with Crippen molar-refractivity contribution in [3.8, 4) is 0 Å². The van der Waals surface area contributed by atoms with Gasteiger partial charge < -0.3 is 0 Å². The highest BCUT2D eigenvalue weighted by Gasteiger charge is 2.15. The molecule has 0 aliphatic rings. The second kappa shape index (κ2) is 5.17. The second-order valence-corrected chi connectivity index (χ2v) is 6.03. The zero-order chi connectivity index (χ0) is 13.2. The smallest absolute Gasteiger partial charge is 0.262 e. The number of nitrogens with zero attached hydrogens (tertiary/aromatic N) is 3. The van der Waals surface area contributed by atoms with E-state index in [0.29, 0.717) is 4.60 Å². The van der Waals surface area contributed by atoms with Crippen molar-refractivity contribution in [2.75, 3.05) is 4.72 Å². The van der Waals surface area contributed by atoms with E-state index in [4.69, 9.17) is 11.6 Å². The number of hydrogen-bond donors (Lipinski definition) is 1. The molecule has 0 atom stereocenters. The van der Waals surface area contributed by atoms with Gasteiger partial charge in [-0.05, 0) is 28.1 Å². The van der Waals surface area contributed by atoms with Crippen LogP contribution in [0.3, 0.4) is 0 Å². The molecule has 0 aliphatic carbocycles. The Hall–Kier alpha value is -1.25. The lowest BCUT2D eigenvalue weighted by molar-refractivity contribution is 0.601. The van der Waals surface area contributed by atoms with Crippen LogP contribution in [0, 0.1) is 0 Å². The van der Waals surface area contributed by atoms with Crippen LogP contribution in [0.4, 0.5) is 5.82 Å². The number of sulfonamides is 1. The quantitative estimate of drug-likeness (QED) is 0.858. The maximum atomic E-state index is 12.0. The molecule has 0 unspecified atom stereocenters. The van der Waals surface area contributed by atoms with Gasteiger partial charge in [-0.2, -0.15) is 0 Å². The van der Waals surface area contributed by atoms with Crippen molar-refractivity contribution < 1.29 is 8.42 Å². The predicted octanol–water partition coefficient (Wildman–Crippen LogP) is 2.09. The van der Waals surface area contributed by atoms with E-state index in [-0.39, 0.29) is 15.9 Å². The Bertz CT molecular complexity index is 663. The third-order valence-electron chi connectivity index (χ3n) is 1.87. The van der Waals surface area contributed by atoms with Crippen LogP contribution in [-0.2, 0) is 10.0 Å². The van der Waals surface area contributed by atoms with Gasteiger partial charge in [-0.1, -0.05) is 11.6 Å². The molecule has 2 rings (SSSR count). The molecule has 94 valence electrons. The summed E-state index contributed by atoms with van der Waals surface area (Å²) in [6.45, 7) is 0. The maximum Gasteiger partial charge on any atom is 0.263 e. The zero-order valence-corrected chi connectivity index (χ0v) is 11.9. The standard InChI is InChI=1S/C9H6BrClN4O2S/c10-7-4-14-9(5-13-7)15-18(16,17)6-1-2-12-8(11)3-6/h1-5H,(H,14,15). The molecular weight excluding hydrogens is 344 g/mol. The van der Waals surface area contributed by atoms with Gasteiger partial charge in [0.25, 0.3) is 10.0 Å². The van der Waals surface area contributed by atoms with Gasteiger partial charge in [-0.15, -0.1) is 0 Å². The number of halogens is 2. The highest BCUT2D eigenvalue weighted by Crippen LogP contribution is 2.16. The summed E-state index contributed by atoms with van der Waals surface area (Å²) in [5.74, 6) is 0.117. The van der Waals surface area contributed by atoms with E-state index < -0.39 is 10.0 Å². The Balaban J connectivity index is 2.30. The van der Waals surface area contributed by atoms with Gasteiger partial charge in [-0.3, -0.25) is 4.72 Å². The minimum Gasteiger partial charge on any atom is -0.262 e. The van der Waals surface area contributed by atoms with Crippen LogP contribution in [0.2, 0.25) is 5.15 Å². The first-order chi connectivity index (χ1) is 8.47. The second-order valence-electron chi connectivity index (χ2n) is 3.14. The average Bonchev–Trinajstić information content (AvgIpc) is 2.32. The molecule has 0 aliphatic heterocycles. The Morgan fingerprint density at radius 3 is 2.61 bits per heavy atom. The highest BCUT2D eigenvalue weighted by molar-refractivity contribution is 9.10. The zero-order valence-electron chi connectivity index (χ0n) is 8.71. The summed E-state index contributed by atoms with van der Waals surface area (Å²) in [7, 11) is -3.74. The molecule has 2 heterocycles. The monoisotopic (exact) mass is 348 g/mol. The third-order valence-corrected chi connectivity index (χ3v) is 3.84. The molecule has 0 bridgehead atoms. The molecule has 2 aromatic rings. The van der Waals surface area contributed by atoms with E-state index in [9.17, 15) is 8.42 Å². The molecule has 0 saturated heterocycles. The van der Waals surface area contributed by atoms with Crippen molar-refractivity contribution in [3.63, 3.8) is 0 Å². The summed E-state index contributed by atoms with van der Waals surface area (Å²) in [6, 6.07) is 2.58. The first-order valence-corrected chi connectivity index (χ1v) is 7.25. The van der Waals surface area contributed by atoms with Gasteiger partial charge >= 0.3 is 0 Å². The fraction of sp³-hybridized carbons (Fsp3) is 0. The molecule has 2 aromatic heterocycles. The van der Waals surface area contributed by atoms with Crippen molar-refractivity contribution >= 4 is 43.4 Å². The predicted molar refractivity (Wildman–Crippen MR) is 69.8 cm³/mol. The van der Waals surface area contributed by atoms with Crippen molar-refractivity contribution in [2.45, 2.75) is 4.90 Å². The summed E-state index contributed by atoms with van der Waals surface area (Å²) in [4.78, 5) is 11.4. The minimum atomic E-state index is -3.74. The van der Waals surface area contributed by atoms with Crippen LogP contribution >= 0.6 is 27.5 Å². The van der Waals surface area contributed by atoms with E-state index >= 15 is 0 Å². The SMILES string of the molecule is O=S(=O)(Nc1cnc(Br)cn1)c1ccnc(Cl)c1. The van der Waals surface area contributed by atoms with Crippen LogP contribution in [0.25, 0.3) is 0 Å². The first kappa shape index (κ1) is 13.2. The van der Waals surface area contributed by atoms with E-state index in [1.807, 2.05) is 0 Å². The van der Waals surface area contributed by atoms with Gasteiger partial charge in [0, 0.05) is 6.20 Å². The fourth-order valence-corrected chi connectivity index (χ4v) is 2.56. The topological polar surface area (TPSA) is 84.8 Å². The van der Waals surface area contributed by atoms with Crippen LogP contribution in [0.5, 0.6) is 0 Å². The van der Waals surface area contributed by atoms with Crippen LogP contribution in [0.15, 0.2) is 40.2 Å². The number of anilines is 1. The van der Waals surface area contributed by atoms with Crippen molar-refractivity contribution in [3.05, 3.63) is 40.5 Å². The largest absolute Gasteiger partial charge is 0.263 e. The molecule has 18 heavy (non-hydrogen) atoms. The molecule has 1 N–H and O–H groups in total. The highest BCUT2D eigenvalue weighted by atomic mass is 79.9. The van der Waals surface area contributed by atoms with E-state index in [2.05, 4.69) is 35.6 Å². The first-order valence-electron chi connectivity index (χ1n) is 4.59. The van der Waals surface area contributed by atoms with E-state index in [1.54, 1.807) is 0 Å². The Morgan fingerprint density at radius 1 is 1.22 bits per heavy atom. The Kier molecular flexibility index (Phi) is 3.79. The van der Waals surface area contributed by atoms with Crippen molar-refractivity contribution in [1.82, 2.24) is 15.0 Å². The van der Waals surface area contributed by atoms with Crippen molar-refractivity contribution in [2.24, 2.45) is 0 Å². The van der Waals surface area contributed by atoms with Crippen LogP contribution < -0.4 is 4.72 Å². The number of nitrogens with one attached hydrogen (secondary N) is 1. The Labute approximate surface area is 117 Å². The van der Waals surface area contributed by atoms with Gasteiger partial charge in [0.2, 0.25) is 0 Å². The molecule has 0 spiro atoms. The molecule has 0 saturated carbocycles. The molecule has 0 aromatic carbocycles. The Morgan fingerprint density at radius 2 is 2.00 bits per heavy atom. The maximum absolute atomic E-state index is 12.0. The number of hydrogen-bond acceptors (Lipinski definition) is 5. The van der Waals surface area contributed by atoms with Gasteiger partial charge in [0.1, 0.15) is 9.76 Å². The summed E-state index contributed by atoms with van der Waals surface area (Å²) in [5.41, 5.74) is 0. The van der Waals surface area contributed by atoms with Gasteiger partial charge in [-0.25, -0.2) is 23.4 Å². The van der Waals surface area contributed by atoms with Gasteiger partial charge in [0.15, 0.2) is 5.82 Å². The summed E-state index contributed by atoms with van der Waals surface area (Å²) in [6.07, 6.45) is 3.99.